The highest BCUT2D eigenvalue weighted by Gasteiger charge is 2.16. The average molecular weight is 258 g/mol. The van der Waals surface area contributed by atoms with Crippen molar-refractivity contribution in [1.29, 1.82) is 0 Å². The number of nitrogens with one attached hydrogen (secondary N) is 1. The third-order valence-electron chi connectivity index (χ3n) is 2.42. The molecule has 4 N–H and O–H groups in total. The van der Waals surface area contributed by atoms with Crippen LogP contribution in [0.4, 0.5) is 11.4 Å². The van der Waals surface area contributed by atoms with E-state index in [2.05, 4.69) is 12.2 Å². The first-order valence-corrected chi connectivity index (χ1v) is 7.00. The van der Waals surface area contributed by atoms with Crippen LogP contribution >= 0.6 is 0 Å². The van der Waals surface area contributed by atoms with Crippen molar-refractivity contribution >= 4 is 21.5 Å². The van der Waals surface area contributed by atoms with E-state index in [1.165, 1.54) is 12.1 Å². The molecule has 1 aromatic rings. The Kier molecular flexibility index (Phi) is 4.77. The molecule has 17 heavy (non-hydrogen) atoms. The minimum Gasteiger partial charge on any atom is -0.397 e. The quantitative estimate of drug-likeness (QED) is 0.413. The van der Waals surface area contributed by atoms with Crippen LogP contribution in [0.5, 0.6) is 0 Å². The van der Waals surface area contributed by atoms with Gasteiger partial charge < -0.3 is 11.1 Å². The standard InChI is InChI=1S/C11H18N2O3S/c1-2-3-4-8-13-11-9(12)6-5-7-10(11)17(14,15)16/h5-7,13H,2-4,8,12H2,1H3,(H,14,15,16). The Hall–Kier alpha value is -1.27. The number of anilines is 2. The molecule has 0 heterocycles. The van der Waals surface area contributed by atoms with E-state index in [1.807, 2.05) is 0 Å². The second-order valence-corrected chi connectivity index (χ2v) is 5.22. The van der Waals surface area contributed by atoms with Crippen LogP contribution in [-0.2, 0) is 10.1 Å². The highest BCUT2D eigenvalue weighted by Crippen LogP contribution is 2.27. The van der Waals surface area contributed by atoms with Gasteiger partial charge in [-0.25, -0.2) is 0 Å². The maximum Gasteiger partial charge on any atom is 0.296 e. The van der Waals surface area contributed by atoms with Crippen LogP contribution < -0.4 is 11.1 Å². The van der Waals surface area contributed by atoms with Crippen LogP contribution in [0.2, 0.25) is 0 Å². The summed E-state index contributed by atoms with van der Waals surface area (Å²) < 4.78 is 31.4. The fourth-order valence-electron chi connectivity index (χ4n) is 1.54. The van der Waals surface area contributed by atoms with E-state index >= 15 is 0 Å². The van der Waals surface area contributed by atoms with Crippen molar-refractivity contribution in [3.63, 3.8) is 0 Å². The summed E-state index contributed by atoms with van der Waals surface area (Å²) in [6, 6.07) is 4.42. The van der Waals surface area contributed by atoms with Gasteiger partial charge in [0.05, 0.1) is 11.4 Å². The summed E-state index contributed by atoms with van der Waals surface area (Å²) in [4.78, 5) is -0.172. The molecule has 0 atom stereocenters. The summed E-state index contributed by atoms with van der Waals surface area (Å²) in [5.41, 5.74) is 6.29. The topological polar surface area (TPSA) is 92.4 Å². The van der Waals surface area contributed by atoms with E-state index in [0.29, 0.717) is 12.2 Å². The van der Waals surface area contributed by atoms with E-state index in [1.54, 1.807) is 6.07 Å². The zero-order chi connectivity index (χ0) is 12.9. The number of unbranched alkanes of at least 4 members (excludes halogenated alkanes) is 2. The predicted molar refractivity (Wildman–Crippen MR) is 68.7 cm³/mol. The molecular weight excluding hydrogens is 240 g/mol. The molecular formula is C11H18N2O3S. The lowest BCUT2D eigenvalue weighted by Gasteiger charge is -2.12. The van der Waals surface area contributed by atoms with Gasteiger partial charge in [0.1, 0.15) is 4.90 Å². The summed E-state index contributed by atoms with van der Waals surface area (Å²) in [6.07, 6.45) is 3.06. The van der Waals surface area contributed by atoms with Crippen molar-refractivity contribution in [3.05, 3.63) is 18.2 Å². The third kappa shape index (κ3) is 3.90. The predicted octanol–water partition coefficient (Wildman–Crippen LogP) is 2.12. The highest BCUT2D eigenvalue weighted by molar-refractivity contribution is 7.86. The zero-order valence-electron chi connectivity index (χ0n) is 9.81. The number of nitrogens with two attached hydrogens (primary N) is 1. The average Bonchev–Trinajstić information content (AvgIpc) is 2.24. The van der Waals surface area contributed by atoms with E-state index in [9.17, 15) is 8.42 Å². The summed E-state index contributed by atoms with van der Waals surface area (Å²) in [5, 5.41) is 2.96. The fourth-order valence-corrected chi connectivity index (χ4v) is 2.24. The molecule has 6 heteroatoms. The van der Waals surface area contributed by atoms with Crippen molar-refractivity contribution in [2.75, 3.05) is 17.6 Å². The van der Waals surface area contributed by atoms with Gasteiger partial charge >= 0.3 is 0 Å². The largest absolute Gasteiger partial charge is 0.397 e. The van der Waals surface area contributed by atoms with Crippen LogP contribution in [0.1, 0.15) is 26.2 Å². The van der Waals surface area contributed by atoms with Gasteiger partial charge in [-0.3, -0.25) is 4.55 Å². The Morgan fingerprint density at radius 1 is 1.35 bits per heavy atom. The number of rotatable bonds is 6. The van der Waals surface area contributed by atoms with Gasteiger partial charge in [0, 0.05) is 6.54 Å². The Labute approximate surface area is 102 Å². The van der Waals surface area contributed by atoms with E-state index in [4.69, 9.17) is 10.3 Å². The highest BCUT2D eigenvalue weighted by atomic mass is 32.2. The zero-order valence-corrected chi connectivity index (χ0v) is 10.6. The number of nitrogen functional groups attached to an aromatic ring is 1. The molecule has 0 saturated carbocycles. The maximum absolute atomic E-state index is 11.2. The van der Waals surface area contributed by atoms with Gasteiger partial charge in [0.2, 0.25) is 0 Å². The number of hydrogen-bond donors (Lipinski definition) is 3. The van der Waals surface area contributed by atoms with Crippen LogP contribution in [0.15, 0.2) is 23.1 Å². The van der Waals surface area contributed by atoms with Gasteiger partial charge in [-0.05, 0) is 18.6 Å². The molecule has 0 saturated heterocycles. The molecule has 0 aromatic heterocycles. The molecule has 5 nitrogen and oxygen atoms in total. The lowest BCUT2D eigenvalue weighted by Crippen LogP contribution is -2.10. The van der Waals surface area contributed by atoms with Gasteiger partial charge in [-0.2, -0.15) is 8.42 Å². The van der Waals surface area contributed by atoms with Gasteiger partial charge in [0.15, 0.2) is 0 Å². The van der Waals surface area contributed by atoms with Crippen molar-refractivity contribution < 1.29 is 13.0 Å². The Bertz CT molecular complexity index is 472. The lowest BCUT2D eigenvalue weighted by molar-refractivity contribution is 0.483. The molecule has 0 fully saturated rings. The summed E-state index contributed by atoms with van der Waals surface area (Å²) in [5.74, 6) is 0. The monoisotopic (exact) mass is 258 g/mol. The van der Waals surface area contributed by atoms with E-state index < -0.39 is 10.1 Å². The molecule has 1 rings (SSSR count). The summed E-state index contributed by atoms with van der Waals surface area (Å²) >= 11 is 0. The molecule has 96 valence electrons. The smallest absolute Gasteiger partial charge is 0.296 e. The first-order chi connectivity index (χ1) is 7.96. The second kappa shape index (κ2) is 5.88. The molecule has 0 radical (unpaired) electrons. The Morgan fingerprint density at radius 3 is 2.65 bits per heavy atom. The molecule has 0 spiro atoms. The first kappa shape index (κ1) is 13.8. The van der Waals surface area contributed by atoms with Crippen molar-refractivity contribution in [3.8, 4) is 0 Å². The number of hydrogen-bond acceptors (Lipinski definition) is 4. The van der Waals surface area contributed by atoms with Crippen LogP contribution in [0, 0.1) is 0 Å². The molecule has 0 amide bonds. The second-order valence-electron chi connectivity index (χ2n) is 3.83. The lowest BCUT2D eigenvalue weighted by atomic mass is 10.2. The van der Waals surface area contributed by atoms with Crippen molar-refractivity contribution in [1.82, 2.24) is 0 Å². The first-order valence-electron chi connectivity index (χ1n) is 5.56. The van der Waals surface area contributed by atoms with Gasteiger partial charge in [0.25, 0.3) is 10.1 Å². The number of benzene rings is 1. The maximum atomic E-state index is 11.2. The normalized spacial score (nSPS) is 11.4. The van der Waals surface area contributed by atoms with Crippen LogP contribution in [0.3, 0.4) is 0 Å². The fraction of sp³-hybridized carbons (Fsp3) is 0.455. The molecule has 0 aliphatic rings. The third-order valence-corrected chi connectivity index (χ3v) is 3.31. The Balaban J connectivity index is 2.89. The van der Waals surface area contributed by atoms with Gasteiger partial charge in [-0.15, -0.1) is 0 Å². The van der Waals surface area contributed by atoms with Crippen LogP contribution in [-0.4, -0.2) is 19.5 Å². The van der Waals surface area contributed by atoms with E-state index in [-0.39, 0.29) is 10.6 Å². The minimum atomic E-state index is -4.24. The Morgan fingerprint density at radius 2 is 2.06 bits per heavy atom. The van der Waals surface area contributed by atoms with Crippen molar-refractivity contribution in [2.24, 2.45) is 0 Å². The van der Waals surface area contributed by atoms with Gasteiger partial charge in [-0.1, -0.05) is 25.8 Å². The summed E-state index contributed by atoms with van der Waals surface area (Å²) in [6.45, 7) is 2.71. The molecule has 0 aliphatic heterocycles. The van der Waals surface area contributed by atoms with Crippen LogP contribution in [0.25, 0.3) is 0 Å². The molecule has 0 bridgehead atoms. The summed E-state index contributed by atoms with van der Waals surface area (Å²) in [7, 11) is -4.24. The van der Waals surface area contributed by atoms with Crippen molar-refractivity contribution in [2.45, 2.75) is 31.1 Å². The molecule has 0 aliphatic carbocycles. The molecule has 0 unspecified atom stereocenters. The minimum absolute atomic E-state index is 0.172. The molecule has 1 aromatic carbocycles. The number of para-hydroxylation sites is 1. The van der Waals surface area contributed by atoms with E-state index in [0.717, 1.165) is 19.3 Å². The SMILES string of the molecule is CCCCCNc1c(N)cccc1S(=O)(=O)O.